The number of carbonyl (C=O) groups is 2. The lowest BCUT2D eigenvalue weighted by Crippen LogP contribution is -2.31. The molecule has 2 N–H and O–H groups in total. The molecule has 4 aromatic rings. The fourth-order valence-electron chi connectivity index (χ4n) is 5.59. The highest BCUT2D eigenvalue weighted by molar-refractivity contribution is 5.96. The van der Waals surface area contributed by atoms with Crippen molar-refractivity contribution in [2.24, 2.45) is 0 Å². The first-order chi connectivity index (χ1) is 19.0. The quantitative estimate of drug-likeness (QED) is 0.236. The van der Waals surface area contributed by atoms with E-state index in [9.17, 15) is 19.8 Å². The summed E-state index contributed by atoms with van der Waals surface area (Å²) < 4.78 is 2.26. The van der Waals surface area contributed by atoms with Crippen molar-refractivity contribution in [1.82, 2.24) is 14.5 Å². The van der Waals surface area contributed by atoms with Crippen molar-refractivity contribution in [3.05, 3.63) is 89.5 Å². The van der Waals surface area contributed by atoms with Gasteiger partial charge in [0.25, 0.3) is 5.91 Å². The average molecular weight is 526 g/mol. The predicted molar refractivity (Wildman–Crippen MR) is 152 cm³/mol. The third-order valence-corrected chi connectivity index (χ3v) is 7.58. The number of imidazole rings is 1. The Balaban J connectivity index is 1.52. The lowest BCUT2D eigenvalue weighted by molar-refractivity contribution is 0.0695. The summed E-state index contributed by atoms with van der Waals surface area (Å²) in [6.45, 7) is 1.15. The van der Waals surface area contributed by atoms with Gasteiger partial charge in [-0.05, 0) is 61.6 Å². The number of aliphatic hydroxyl groups excluding tert-OH is 1. The van der Waals surface area contributed by atoms with Gasteiger partial charge in [0.15, 0.2) is 0 Å². The van der Waals surface area contributed by atoms with Crippen molar-refractivity contribution in [2.75, 3.05) is 13.2 Å². The van der Waals surface area contributed by atoms with Gasteiger partial charge in [0.05, 0.1) is 16.6 Å². The molecule has 0 unspecified atom stereocenters. The molecule has 1 heterocycles. The van der Waals surface area contributed by atoms with Gasteiger partial charge >= 0.3 is 5.97 Å². The number of hydrogen-bond donors (Lipinski definition) is 2. The van der Waals surface area contributed by atoms with Gasteiger partial charge in [-0.25, -0.2) is 9.78 Å². The molecule has 1 aliphatic carbocycles. The Bertz CT molecular complexity index is 1440. The molecule has 1 fully saturated rings. The molecule has 1 saturated carbocycles. The van der Waals surface area contributed by atoms with Crippen molar-refractivity contribution in [1.29, 1.82) is 0 Å². The number of amides is 1. The zero-order valence-corrected chi connectivity index (χ0v) is 22.1. The number of carbonyl (C=O) groups excluding carboxylic acids is 1. The molecule has 7 heteroatoms. The maximum Gasteiger partial charge on any atom is 0.335 e. The second-order valence-electron chi connectivity index (χ2n) is 10.3. The number of fused-ring (bicyclic) bond motifs is 1. The number of aromatic carboxylic acids is 1. The number of unbranched alkanes of at least 4 members (excludes halogenated alkanes) is 1. The molecule has 0 aliphatic heterocycles. The van der Waals surface area contributed by atoms with Gasteiger partial charge in [0.2, 0.25) is 0 Å². The van der Waals surface area contributed by atoms with Crippen LogP contribution in [0.15, 0.2) is 72.8 Å². The van der Waals surface area contributed by atoms with Crippen molar-refractivity contribution >= 4 is 22.9 Å². The lowest BCUT2D eigenvalue weighted by atomic mass is 9.94. The molecular formula is C32H35N3O4. The minimum atomic E-state index is -0.974. The number of aromatic nitrogens is 2. The number of benzene rings is 3. The summed E-state index contributed by atoms with van der Waals surface area (Å²) >= 11 is 0. The second-order valence-corrected chi connectivity index (χ2v) is 10.3. The van der Waals surface area contributed by atoms with Crippen LogP contribution >= 0.6 is 0 Å². The van der Waals surface area contributed by atoms with Crippen molar-refractivity contribution in [3.8, 4) is 11.4 Å². The molecule has 1 amide bonds. The predicted octanol–water partition coefficient (Wildman–Crippen LogP) is 6.32. The van der Waals surface area contributed by atoms with E-state index in [0.29, 0.717) is 30.6 Å². The highest BCUT2D eigenvalue weighted by Crippen LogP contribution is 2.36. The first-order valence-corrected chi connectivity index (χ1v) is 13.8. The zero-order valence-electron chi connectivity index (χ0n) is 22.1. The number of carboxylic acids is 1. The van der Waals surface area contributed by atoms with E-state index in [1.807, 2.05) is 65.6 Å². The maximum absolute atomic E-state index is 13.8. The summed E-state index contributed by atoms with van der Waals surface area (Å²) in [5.74, 6) is -0.269. The third-order valence-electron chi connectivity index (χ3n) is 7.58. The van der Waals surface area contributed by atoms with E-state index in [4.69, 9.17) is 4.98 Å². The molecule has 0 saturated heterocycles. The van der Waals surface area contributed by atoms with Gasteiger partial charge in [-0.2, -0.15) is 0 Å². The summed E-state index contributed by atoms with van der Waals surface area (Å²) in [5.41, 5.74) is 4.27. The van der Waals surface area contributed by atoms with Crippen LogP contribution in [0.25, 0.3) is 22.4 Å². The Morgan fingerprint density at radius 1 is 0.897 bits per heavy atom. The van der Waals surface area contributed by atoms with Gasteiger partial charge in [0.1, 0.15) is 5.82 Å². The second kappa shape index (κ2) is 12.3. The largest absolute Gasteiger partial charge is 0.478 e. The van der Waals surface area contributed by atoms with Crippen LogP contribution in [0.3, 0.4) is 0 Å². The molecule has 0 atom stereocenters. The Labute approximate surface area is 228 Å². The minimum Gasteiger partial charge on any atom is -0.478 e. The molecule has 202 valence electrons. The van der Waals surface area contributed by atoms with Crippen LogP contribution in [-0.4, -0.2) is 49.7 Å². The first kappa shape index (κ1) is 26.6. The van der Waals surface area contributed by atoms with E-state index in [0.717, 1.165) is 54.6 Å². The van der Waals surface area contributed by atoms with Crippen molar-refractivity contribution in [3.63, 3.8) is 0 Å². The highest BCUT2D eigenvalue weighted by Gasteiger charge is 2.24. The van der Waals surface area contributed by atoms with E-state index in [-0.39, 0.29) is 24.1 Å². The fourth-order valence-corrected chi connectivity index (χ4v) is 5.59. The summed E-state index contributed by atoms with van der Waals surface area (Å²) in [7, 11) is 0. The molecule has 3 aromatic carbocycles. The van der Waals surface area contributed by atoms with Gasteiger partial charge in [-0.15, -0.1) is 0 Å². The topological polar surface area (TPSA) is 95.7 Å². The molecule has 39 heavy (non-hydrogen) atoms. The normalized spacial score (nSPS) is 14.0. The summed E-state index contributed by atoms with van der Waals surface area (Å²) in [6, 6.07) is 23.0. The van der Waals surface area contributed by atoms with Crippen LogP contribution in [0.5, 0.6) is 0 Å². The third kappa shape index (κ3) is 6.04. The van der Waals surface area contributed by atoms with E-state index < -0.39 is 5.97 Å². The average Bonchev–Trinajstić information content (AvgIpc) is 3.36. The zero-order chi connectivity index (χ0) is 27.2. The van der Waals surface area contributed by atoms with Gasteiger partial charge < -0.3 is 19.7 Å². The van der Waals surface area contributed by atoms with Crippen LogP contribution in [0.4, 0.5) is 0 Å². The number of hydrogen-bond acceptors (Lipinski definition) is 4. The molecule has 0 radical (unpaired) electrons. The standard InChI is InChI=1S/C32H35N3O4/c36-19-8-7-18-34(22-23-10-3-1-4-11-23)31(37)25-13-9-12-24(20-25)30-33-28-21-26(32(38)39)16-17-29(28)35(30)27-14-5-2-6-15-27/h1,3-4,9-13,16-17,20-21,27,36H,2,5-8,14-15,18-19,22H2,(H,38,39). The van der Waals surface area contributed by atoms with E-state index in [2.05, 4.69) is 4.57 Å². The lowest BCUT2D eigenvalue weighted by Gasteiger charge is -2.26. The van der Waals surface area contributed by atoms with Crippen LogP contribution in [0.1, 0.15) is 77.3 Å². The van der Waals surface area contributed by atoms with E-state index in [1.54, 1.807) is 12.1 Å². The Kier molecular flexibility index (Phi) is 8.37. The molecule has 7 nitrogen and oxygen atoms in total. The minimum absolute atomic E-state index is 0.0628. The van der Waals surface area contributed by atoms with Crippen LogP contribution in [0, 0.1) is 0 Å². The number of nitrogens with zero attached hydrogens (tertiary/aromatic N) is 3. The van der Waals surface area contributed by atoms with E-state index >= 15 is 0 Å². The smallest absolute Gasteiger partial charge is 0.335 e. The SMILES string of the molecule is O=C(O)c1ccc2c(c1)nc(-c1cccc(C(=O)N(CCCCO)Cc3ccccc3)c1)n2C1CCCCC1. The molecule has 0 bridgehead atoms. The Morgan fingerprint density at radius 2 is 1.69 bits per heavy atom. The molecule has 1 aromatic heterocycles. The summed E-state index contributed by atoms with van der Waals surface area (Å²) in [5, 5.41) is 18.8. The van der Waals surface area contributed by atoms with Crippen molar-refractivity contribution in [2.45, 2.75) is 57.5 Å². The van der Waals surface area contributed by atoms with Crippen LogP contribution in [-0.2, 0) is 6.54 Å². The molecular weight excluding hydrogens is 490 g/mol. The van der Waals surface area contributed by atoms with Gasteiger partial charge in [-0.1, -0.05) is 61.7 Å². The van der Waals surface area contributed by atoms with E-state index in [1.165, 1.54) is 6.42 Å². The molecule has 1 aliphatic rings. The summed E-state index contributed by atoms with van der Waals surface area (Å²) in [6.07, 6.45) is 6.98. The van der Waals surface area contributed by atoms with Crippen LogP contribution in [0.2, 0.25) is 0 Å². The highest BCUT2D eigenvalue weighted by atomic mass is 16.4. The number of carboxylic acid groups (broad SMARTS) is 1. The van der Waals surface area contributed by atoms with Crippen molar-refractivity contribution < 1.29 is 19.8 Å². The molecule has 5 rings (SSSR count). The maximum atomic E-state index is 13.8. The monoisotopic (exact) mass is 525 g/mol. The van der Waals surface area contributed by atoms with Crippen LogP contribution < -0.4 is 0 Å². The Morgan fingerprint density at radius 3 is 2.44 bits per heavy atom. The fraction of sp³-hybridized carbons (Fsp3) is 0.344. The summed E-state index contributed by atoms with van der Waals surface area (Å²) in [4.78, 5) is 32.2. The first-order valence-electron chi connectivity index (χ1n) is 13.8. The number of aliphatic hydroxyl groups is 1. The van der Waals surface area contributed by atoms with Gasteiger partial charge in [-0.3, -0.25) is 4.79 Å². The van der Waals surface area contributed by atoms with Gasteiger partial charge in [0, 0.05) is 36.9 Å². The Hall–Kier alpha value is -3.97. The molecule has 0 spiro atoms. The number of rotatable bonds is 10.